The molecule has 0 aromatic carbocycles. The molecule has 2 atom stereocenters. The molecule has 4 rings (SSSR count). The minimum Gasteiger partial charge on any atom is -0.346 e. The van der Waals surface area contributed by atoms with Crippen molar-refractivity contribution >= 4 is 11.0 Å². The van der Waals surface area contributed by atoms with Crippen LogP contribution in [0.3, 0.4) is 0 Å². The summed E-state index contributed by atoms with van der Waals surface area (Å²) in [7, 11) is 0. The Morgan fingerprint density at radius 3 is 3.27 bits per heavy atom. The summed E-state index contributed by atoms with van der Waals surface area (Å²) >= 11 is 0. The third kappa shape index (κ3) is 0.868. The van der Waals surface area contributed by atoms with Crippen LogP contribution in [0.25, 0.3) is 11.0 Å². The predicted octanol–water partition coefficient (Wildman–Crippen LogP) is 1.42. The first-order chi connectivity index (χ1) is 7.40. The van der Waals surface area contributed by atoms with Crippen LogP contribution >= 0.6 is 0 Å². The molecule has 0 spiro atoms. The Bertz CT molecular complexity index is 530. The van der Waals surface area contributed by atoms with Crippen molar-refractivity contribution in [3.05, 3.63) is 30.1 Å². The van der Waals surface area contributed by atoms with Gasteiger partial charge in [-0.15, -0.1) is 0 Å². The van der Waals surface area contributed by atoms with Gasteiger partial charge in [-0.2, -0.15) is 0 Å². The van der Waals surface area contributed by atoms with E-state index in [9.17, 15) is 0 Å². The molecule has 0 bridgehead atoms. The molecule has 2 aromatic rings. The first-order valence-corrected chi connectivity index (χ1v) is 5.53. The fourth-order valence-electron chi connectivity index (χ4n) is 3.13. The average Bonchev–Trinajstić information content (AvgIpc) is 2.68. The van der Waals surface area contributed by atoms with Gasteiger partial charge in [0.1, 0.15) is 5.65 Å². The number of hydrogen-bond acceptors (Lipinski definition) is 2. The second-order valence-corrected chi connectivity index (χ2v) is 4.79. The highest BCUT2D eigenvalue weighted by atomic mass is 15.0. The number of nitrogens with one attached hydrogen (secondary N) is 2. The van der Waals surface area contributed by atoms with Gasteiger partial charge in [-0.3, -0.25) is 0 Å². The molecule has 2 fully saturated rings. The maximum absolute atomic E-state index is 4.35. The van der Waals surface area contributed by atoms with Crippen molar-refractivity contribution in [2.75, 3.05) is 13.1 Å². The van der Waals surface area contributed by atoms with Crippen molar-refractivity contribution in [3.8, 4) is 0 Å². The Kier molecular flexibility index (Phi) is 1.27. The maximum Gasteiger partial charge on any atom is 0.137 e. The third-order valence-corrected chi connectivity index (χ3v) is 4.05. The number of hydrogen-bond donors (Lipinski definition) is 2. The predicted molar refractivity (Wildman–Crippen MR) is 58.7 cm³/mol. The SMILES string of the molecule is c1cnc2[nH]cc(C34CNCC3C4)c2c1. The Hall–Kier alpha value is -1.35. The second kappa shape index (κ2) is 2.42. The zero-order valence-electron chi connectivity index (χ0n) is 8.46. The zero-order valence-corrected chi connectivity index (χ0v) is 8.46. The molecule has 0 amide bonds. The molecule has 0 radical (unpaired) electrons. The Morgan fingerprint density at radius 1 is 1.47 bits per heavy atom. The molecule has 3 heteroatoms. The largest absolute Gasteiger partial charge is 0.346 e. The lowest BCUT2D eigenvalue weighted by molar-refractivity contribution is 0.680. The number of nitrogens with zero attached hydrogens (tertiary/aromatic N) is 1. The van der Waals surface area contributed by atoms with E-state index in [-0.39, 0.29) is 0 Å². The fraction of sp³-hybridized carbons (Fsp3) is 0.417. The van der Waals surface area contributed by atoms with Gasteiger partial charge in [0.25, 0.3) is 0 Å². The van der Waals surface area contributed by atoms with Gasteiger partial charge < -0.3 is 10.3 Å². The first kappa shape index (κ1) is 7.88. The highest BCUT2D eigenvalue weighted by molar-refractivity contribution is 5.81. The van der Waals surface area contributed by atoms with Gasteiger partial charge in [-0.05, 0) is 36.6 Å². The third-order valence-electron chi connectivity index (χ3n) is 4.05. The molecule has 2 unspecified atom stereocenters. The number of pyridine rings is 1. The van der Waals surface area contributed by atoms with E-state index in [0.717, 1.165) is 18.1 Å². The zero-order chi connectivity index (χ0) is 9.88. The van der Waals surface area contributed by atoms with Crippen molar-refractivity contribution in [3.63, 3.8) is 0 Å². The van der Waals surface area contributed by atoms with Crippen LogP contribution in [0.15, 0.2) is 24.5 Å². The molecule has 2 aliphatic rings. The van der Waals surface area contributed by atoms with Gasteiger partial charge in [0.05, 0.1) is 0 Å². The molecule has 15 heavy (non-hydrogen) atoms. The highest BCUT2D eigenvalue weighted by Crippen LogP contribution is 2.57. The van der Waals surface area contributed by atoms with E-state index in [2.05, 4.69) is 27.5 Å². The van der Waals surface area contributed by atoms with Gasteiger partial charge >= 0.3 is 0 Å². The van der Waals surface area contributed by atoms with Gasteiger partial charge in [-0.25, -0.2) is 4.98 Å². The summed E-state index contributed by atoms with van der Waals surface area (Å²) in [6, 6.07) is 4.20. The van der Waals surface area contributed by atoms with Gasteiger partial charge in [-0.1, -0.05) is 0 Å². The van der Waals surface area contributed by atoms with Gasteiger partial charge in [0.15, 0.2) is 0 Å². The summed E-state index contributed by atoms with van der Waals surface area (Å²) in [5.74, 6) is 0.858. The molecule has 3 nitrogen and oxygen atoms in total. The number of fused-ring (bicyclic) bond motifs is 2. The number of H-pyrrole nitrogens is 1. The summed E-state index contributed by atoms with van der Waals surface area (Å²) in [5.41, 5.74) is 2.93. The Morgan fingerprint density at radius 2 is 2.47 bits per heavy atom. The molecule has 1 saturated heterocycles. The quantitative estimate of drug-likeness (QED) is 0.729. The van der Waals surface area contributed by atoms with Crippen molar-refractivity contribution in [2.24, 2.45) is 5.92 Å². The molecule has 2 aromatic heterocycles. The molecule has 76 valence electrons. The number of piperidine rings is 1. The molecule has 3 heterocycles. The first-order valence-electron chi connectivity index (χ1n) is 5.53. The normalized spacial score (nSPS) is 33.2. The van der Waals surface area contributed by atoms with E-state index in [1.54, 1.807) is 0 Å². The summed E-state index contributed by atoms with van der Waals surface area (Å²) in [5, 5.41) is 4.79. The minimum atomic E-state index is 0.432. The molecule has 1 aliphatic heterocycles. The van der Waals surface area contributed by atoms with Crippen LogP contribution in [0.5, 0.6) is 0 Å². The van der Waals surface area contributed by atoms with Crippen LogP contribution in [-0.2, 0) is 5.41 Å². The summed E-state index contributed by atoms with van der Waals surface area (Å²) in [4.78, 5) is 7.62. The van der Waals surface area contributed by atoms with Crippen LogP contribution in [0.2, 0.25) is 0 Å². The average molecular weight is 199 g/mol. The van der Waals surface area contributed by atoms with Gasteiger partial charge in [0.2, 0.25) is 0 Å². The monoisotopic (exact) mass is 199 g/mol. The van der Waals surface area contributed by atoms with Crippen LogP contribution in [0, 0.1) is 5.92 Å². The van der Waals surface area contributed by atoms with Crippen molar-refractivity contribution in [1.82, 2.24) is 15.3 Å². The van der Waals surface area contributed by atoms with Crippen LogP contribution < -0.4 is 5.32 Å². The fourth-order valence-corrected chi connectivity index (χ4v) is 3.13. The standard InChI is InChI=1S/C12H13N3/c1-2-9-10(6-15-11(9)14-3-1)12-4-8(12)5-13-7-12/h1-3,6,8,13H,4-5,7H2,(H,14,15). The van der Waals surface area contributed by atoms with Crippen molar-refractivity contribution in [2.45, 2.75) is 11.8 Å². The smallest absolute Gasteiger partial charge is 0.137 e. The Labute approximate surface area is 87.9 Å². The summed E-state index contributed by atoms with van der Waals surface area (Å²) in [6.45, 7) is 2.33. The molecular formula is C12H13N3. The van der Waals surface area contributed by atoms with Crippen LogP contribution in [0.1, 0.15) is 12.0 Å². The highest BCUT2D eigenvalue weighted by Gasteiger charge is 2.58. The van der Waals surface area contributed by atoms with E-state index in [1.807, 2.05) is 12.3 Å². The second-order valence-electron chi connectivity index (χ2n) is 4.79. The van der Waals surface area contributed by atoms with E-state index in [0.29, 0.717) is 5.41 Å². The maximum atomic E-state index is 4.35. The molecule has 1 saturated carbocycles. The van der Waals surface area contributed by atoms with E-state index in [4.69, 9.17) is 0 Å². The van der Waals surface area contributed by atoms with Crippen molar-refractivity contribution < 1.29 is 0 Å². The number of aromatic nitrogens is 2. The molecular weight excluding hydrogens is 186 g/mol. The van der Waals surface area contributed by atoms with E-state index < -0.39 is 0 Å². The Balaban J connectivity index is 1.95. The number of aromatic amines is 1. The molecule has 2 N–H and O–H groups in total. The number of rotatable bonds is 1. The van der Waals surface area contributed by atoms with Crippen LogP contribution in [-0.4, -0.2) is 23.1 Å². The topological polar surface area (TPSA) is 40.7 Å². The van der Waals surface area contributed by atoms with Gasteiger partial charge in [0, 0.05) is 29.7 Å². The minimum absolute atomic E-state index is 0.432. The lowest BCUT2D eigenvalue weighted by Gasteiger charge is -2.09. The van der Waals surface area contributed by atoms with Crippen molar-refractivity contribution in [1.29, 1.82) is 0 Å². The van der Waals surface area contributed by atoms with E-state index >= 15 is 0 Å². The van der Waals surface area contributed by atoms with Crippen LogP contribution in [0.4, 0.5) is 0 Å². The molecule has 1 aliphatic carbocycles. The summed E-state index contributed by atoms with van der Waals surface area (Å²) in [6.07, 6.45) is 5.35. The van der Waals surface area contributed by atoms with E-state index in [1.165, 1.54) is 23.9 Å². The summed E-state index contributed by atoms with van der Waals surface area (Å²) < 4.78 is 0. The lowest BCUT2D eigenvalue weighted by Crippen LogP contribution is -2.18. The lowest BCUT2D eigenvalue weighted by atomic mass is 9.95.